The van der Waals surface area contributed by atoms with Crippen molar-refractivity contribution in [1.82, 2.24) is 0 Å². The Kier molecular flexibility index (Phi) is 4.62. The fourth-order valence-corrected chi connectivity index (χ4v) is 1.86. The number of carbonyl (C=O) groups is 1. The Hall–Kier alpha value is -1.31. The van der Waals surface area contributed by atoms with Crippen molar-refractivity contribution in [1.29, 1.82) is 0 Å². The van der Waals surface area contributed by atoms with Gasteiger partial charge in [0.05, 0.1) is 13.2 Å². The van der Waals surface area contributed by atoms with Crippen LogP contribution in [0.4, 0.5) is 0 Å². The summed E-state index contributed by atoms with van der Waals surface area (Å²) < 4.78 is 10.7. The summed E-state index contributed by atoms with van der Waals surface area (Å²) in [6.45, 7) is -0.781. The molecule has 3 N–H and O–H groups in total. The van der Waals surface area contributed by atoms with Crippen LogP contribution in [-0.4, -0.2) is 52.6 Å². The smallest absolute Gasteiger partial charge is 0.195 e. The van der Waals surface area contributed by atoms with Gasteiger partial charge in [-0.05, 0) is 0 Å². The first-order valence-corrected chi connectivity index (χ1v) is 5.96. The molecule has 1 aliphatic heterocycles. The maximum Gasteiger partial charge on any atom is 0.195 e. The number of hydrogen-bond acceptors (Lipinski definition) is 6. The molecule has 0 amide bonds. The summed E-state index contributed by atoms with van der Waals surface area (Å²) in [7, 11) is 0. The molecule has 1 aromatic carbocycles. The second kappa shape index (κ2) is 6.23. The minimum absolute atomic E-state index is 0.0753. The Morgan fingerprint density at radius 3 is 2.68 bits per heavy atom. The Balaban J connectivity index is 2.10. The summed E-state index contributed by atoms with van der Waals surface area (Å²) in [6.07, 6.45) is -4.70. The van der Waals surface area contributed by atoms with Gasteiger partial charge in [-0.15, -0.1) is 0 Å². The highest BCUT2D eigenvalue weighted by Crippen LogP contribution is 2.27. The van der Waals surface area contributed by atoms with Crippen molar-refractivity contribution in [3.8, 4) is 0 Å². The predicted octanol–water partition coefficient (Wildman–Crippen LogP) is -0.616. The summed E-state index contributed by atoms with van der Waals surface area (Å²) in [4.78, 5) is 11.8. The van der Waals surface area contributed by atoms with Crippen molar-refractivity contribution in [2.45, 2.75) is 24.6 Å². The highest BCUT2D eigenvalue weighted by molar-refractivity contribution is 5.88. The van der Waals surface area contributed by atoms with Gasteiger partial charge in [-0.1, -0.05) is 30.3 Å². The van der Waals surface area contributed by atoms with Gasteiger partial charge in [-0.3, -0.25) is 4.79 Å². The summed E-state index contributed by atoms with van der Waals surface area (Å²) in [5.41, 5.74) is 0.714. The van der Waals surface area contributed by atoms with Crippen molar-refractivity contribution in [3.05, 3.63) is 35.9 Å². The second-order valence-electron chi connectivity index (χ2n) is 4.30. The van der Waals surface area contributed by atoms with E-state index in [-0.39, 0.29) is 6.61 Å². The van der Waals surface area contributed by atoms with E-state index in [4.69, 9.17) is 14.6 Å². The number of carbonyl (C=O) groups excluding carboxylic acids is 1. The van der Waals surface area contributed by atoms with Crippen LogP contribution >= 0.6 is 0 Å². The summed E-state index contributed by atoms with van der Waals surface area (Å²) in [5.74, 6) is -0.751. The van der Waals surface area contributed by atoms with Crippen molar-refractivity contribution in [3.63, 3.8) is 0 Å². The lowest BCUT2D eigenvalue weighted by molar-refractivity contribution is -0.253. The quantitative estimate of drug-likeness (QED) is 0.674. The van der Waals surface area contributed by atoms with Gasteiger partial charge >= 0.3 is 0 Å². The van der Waals surface area contributed by atoms with E-state index < -0.39 is 37.0 Å². The lowest BCUT2D eigenvalue weighted by Gasteiger charge is -2.33. The zero-order valence-corrected chi connectivity index (χ0v) is 10.2. The molecule has 0 spiro atoms. The number of hydrogen-bond donors (Lipinski definition) is 3. The van der Waals surface area contributed by atoms with Gasteiger partial charge in [-0.2, -0.15) is 0 Å². The first-order valence-electron chi connectivity index (χ1n) is 5.96. The fourth-order valence-electron chi connectivity index (χ4n) is 1.86. The molecule has 1 fully saturated rings. The highest BCUT2D eigenvalue weighted by Gasteiger charge is 2.38. The lowest BCUT2D eigenvalue weighted by atomic mass is 10.0. The number of aliphatic hydroxyl groups excluding tert-OH is 3. The van der Waals surface area contributed by atoms with E-state index in [0.29, 0.717) is 5.56 Å². The van der Waals surface area contributed by atoms with E-state index in [1.807, 2.05) is 6.07 Å². The summed E-state index contributed by atoms with van der Waals surface area (Å²) in [5, 5.41) is 27.8. The minimum atomic E-state index is -1.56. The van der Waals surface area contributed by atoms with Crippen LogP contribution in [0.3, 0.4) is 0 Å². The average molecular weight is 268 g/mol. The number of aliphatic hydroxyl groups is 3. The standard InChI is InChI=1S/C13H16O6/c14-6-9(15)11(17)12-10(16)7-18-13(19-12)8-4-2-1-3-5-8/h1-5,9-10,12-16H,6-7H2. The number of ketones is 1. The molecule has 104 valence electrons. The molecule has 19 heavy (non-hydrogen) atoms. The number of ether oxygens (including phenoxy) is 2. The molecular weight excluding hydrogens is 252 g/mol. The molecule has 0 saturated carbocycles. The Morgan fingerprint density at radius 2 is 2.05 bits per heavy atom. The number of benzene rings is 1. The van der Waals surface area contributed by atoms with Crippen LogP contribution in [0.2, 0.25) is 0 Å². The molecule has 4 atom stereocenters. The third-order valence-electron chi connectivity index (χ3n) is 2.89. The van der Waals surface area contributed by atoms with Gasteiger partial charge < -0.3 is 24.8 Å². The largest absolute Gasteiger partial charge is 0.393 e. The predicted molar refractivity (Wildman–Crippen MR) is 64.1 cm³/mol. The van der Waals surface area contributed by atoms with Crippen molar-refractivity contribution >= 4 is 5.78 Å². The first kappa shape index (κ1) is 14.1. The van der Waals surface area contributed by atoms with Gasteiger partial charge in [0.1, 0.15) is 12.2 Å². The summed E-state index contributed by atoms with van der Waals surface area (Å²) >= 11 is 0. The van der Waals surface area contributed by atoms with E-state index in [1.165, 1.54) is 0 Å². The highest BCUT2D eigenvalue weighted by atomic mass is 16.7. The van der Waals surface area contributed by atoms with Gasteiger partial charge in [0.2, 0.25) is 0 Å². The molecule has 1 saturated heterocycles. The van der Waals surface area contributed by atoms with Crippen molar-refractivity contribution in [2.75, 3.05) is 13.2 Å². The van der Waals surface area contributed by atoms with E-state index in [1.54, 1.807) is 24.3 Å². The van der Waals surface area contributed by atoms with Crippen LogP contribution in [0.5, 0.6) is 0 Å². The molecule has 1 aliphatic rings. The van der Waals surface area contributed by atoms with Crippen LogP contribution in [0.25, 0.3) is 0 Å². The third kappa shape index (κ3) is 3.17. The molecule has 0 aromatic heterocycles. The van der Waals surface area contributed by atoms with E-state index >= 15 is 0 Å². The Bertz CT molecular complexity index is 420. The van der Waals surface area contributed by atoms with Gasteiger partial charge in [-0.25, -0.2) is 0 Å². The first-order chi connectivity index (χ1) is 9.13. The zero-order chi connectivity index (χ0) is 13.8. The Labute approximate surface area is 110 Å². The van der Waals surface area contributed by atoms with E-state index in [2.05, 4.69) is 0 Å². The third-order valence-corrected chi connectivity index (χ3v) is 2.89. The minimum Gasteiger partial charge on any atom is -0.393 e. The number of rotatable bonds is 4. The lowest BCUT2D eigenvalue weighted by Crippen LogP contribution is -2.49. The fraction of sp³-hybridized carbons (Fsp3) is 0.462. The van der Waals surface area contributed by atoms with Crippen LogP contribution in [0.15, 0.2) is 30.3 Å². The normalized spacial score (nSPS) is 28.9. The molecule has 6 heteroatoms. The van der Waals surface area contributed by atoms with Gasteiger partial charge in [0, 0.05) is 5.56 Å². The number of Topliss-reactive ketones (excluding diaryl/α,β-unsaturated/α-hetero) is 1. The van der Waals surface area contributed by atoms with Crippen LogP contribution in [-0.2, 0) is 14.3 Å². The molecule has 2 rings (SSSR count). The Morgan fingerprint density at radius 1 is 1.37 bits per heavy atom. The molecule has 1 aromatic rings. The topological polar surface area (TPSA) is 96.2 Å². The monoisotopic (exact) mass is 268 g/mol. The molecule has 1 heterocycles. The molecular formula is C13H16O6. The van der Waals surface area contributed by atoms with Crippen LogP contribution in [0.1, 0.15) is 11.9 Å². The molecule has 4 unspecified atom stereocenters. The molecule has 6 nitrogen and oxygen atoms in total. The second-order valence-corrected chi connectivity index (χ2v) is 4.30. The van der Waals surface area contributed by atoms with E-state index in [9.17, 15) is 15.0 Å². The summed E-state index contributed by atoms with van der Waals surface area (Å²) in [6, 6.07) is 8.97. The zero-order valence-electron chi connectivity index (χ0n) is 10.2. The van der Waals surface area contributed by atoms with Crippen LogP contribution < -0.4 is 0 Å². The maximum atomic E-state index is 11.8. The average Bonchev–Trinajstić information content (AvgIpc) is 2.47. The molecule has 0 aliphatic carbocycles. The van der Waals surface area contributed by atoms with Gasteiger partial charge in [0.15, 0.2) is 18.2 Å². The van der Waals surface area contributed by atoms with Crippen LogP contribution in [0, 0.1) is 0 Å². The van der Waals surface area contributed by atoms with Crippen molar-refractivity contribution in [2.24, 2.45) is 0 Å². The van der Waals surface area contributed by atoms with Crippen molar-refractivity contribution < 1.29 is 29.6 Å². The molecule has 0 radical (unpaired) electrons. The molecule has 0 bridgehead atoms. The maximum absolute atomic E-state index is 11.8. The van der Waals surface area contributed by atoms with Gasteiger partial charge in [0.25, 0.3) is 0 Å². The SMILES string of the molecule is O=C(C(O)CO)C1OC(c2ccccc2)OCC1O. The van der Waals surface area contributed by atoms with E-state index in [0.717, 1.165) is 0 Å².